The first-order valence-corrected chi connectivity index (χ1v) is 28.0. The van der Waals surface area contributed by atoms with Gasteiger partial charge in [0.15, 0.2) is 0 Å². The topological polar surface area (TPSA) is 105 Å². The summed E-state index contributed by atoms with van der Waals surface area (Å²) in [4.78, 5) is 23.3. The molecule has 364 valence electrons. The predicted molar refractivity (Wildman–Crippen MR) is 263 cm³/mol. The highest BCUT2D eigenvalue weighted by molar-refractivity contribution is 7.47. The van der Waals surface area contributed by atoms with Gasteiger partial charge in [-0.25, -0.2) is 4.57 Å². The van der Waals surface area contributed by atoms with Gasteiger partial charge in [0, 0.05) is 6.42 Å². The zero-order valence-electron chi connectivity index (χ0n) is 41.4. The fourth-order valence-corrected chi connectivity index (χ4v) is 8.78. The van der Waals surface area contributed by atoms with Gasteiger partial charge in [-0.2, -0.15) is 0 Å². The number of phosphoric ester groups is 1. The quantitative estimate of drug-likeness (QED) is 0.0243. The summed E-state index contributed by atoms with van der Waals surface area (Å²) in [7, 11) is 1.62. The van der Waals surface area contributed by atoms with E-state index in [-0.39, 0.29) is 19.1 Å². The minimum absolute atomic E-state index is 0.0761. The highest BCUT2D eigenvalue weighted by Crippen LogP contribution is 2.43. The van der Waals surface area contributed by atoms with Gasteiger partial charge < -0.3 is 19.8 Å². The number of rotatable bonds is 49. The molecule has 0 bridgehead atoms. The normalized spacial score (nSPS) is 14.1. The third-order valence-corrected chi connectivity index (χ3v) is 13.2. The van der Waals surface area contributed by atoms with Crippen LogP contribution in [0, 0.1) is 0 Å². The molecule has 0 spiro atoms. The van der Waals surface area contributed by atoms with Crippen LogP contribution in [0.3, 0.4) is 0 Å². The van der Waals surface area contributed by atoms with Crippen molar-refractivity contribution in [1.29, 1.82) is 0 Å². The summed E-state index contributed by atoms with van der Waals surface area (Å²) in [6.07, 6.45) is 52.5. The Kier molecular flexibility index (Phi) is 43.9. The highest BCUT2D eigenvalue weighted by Gasteiger charge is 2.28. The van der Waals surface area contributed by atoms with Crippen molar-refractivity contribution < 1.29 is 32.9 Å². The number of phosphoric acid groups is 1. The van der Waals surface area contributed by atoms with Crippen LogP contribution in [0.1, 0.15) is 264 Å². The smallest absolute Gasteiger partial charge is 0.391 e. The number of quaternary nitrogens is 1. The van der Waals surface area contributed by atoms with E-state index in [0.717, 1.165) is 38.5 Å². The Hall–Kier alpha value is -0.760. The van der Waals surface area contributed by atoms with Crippen molar-refractivity contribution in [2.75, 3.05) is 40.9 Å². The molecule has 3 N–H and O–H groups in total. The van der Waals surface area contributed by atoms with Crippen molar-refractivity contribution in [3.63, 3.8) is 0 Å². The van der Waals surface area contributed by atoms with Crippen molar-refractivity contribution in [3.8, 4) is 0 Å². The minimum atomic E-state index is -4.32. The van der Waals surface area contributed by atoms with Gasteiger partial charge in [0.25, 0.3) is 0 Å². The van der Waals surface area contributed by atoms with Crippen LogP contribution in [0.2, 0.25) is 0 Å². The van der Waals surface area contributed by atoms with E-state index >= 15 is 0 Å². The van der Waals surface area contributed by atoms with Crippen LogP contribution in [0.15, 0.2) is 12.2 Å². The van der Waals surface area contributed by atoms with E-state index in [1.807, 2.05) is 21.1 Å². The zero-order valence-corrected chi connectivity index (χ0v) is 42.3. The number of hydrogen-bond donors (Lipinski definition) is 3. The number of allylic oxidation sites excluding steroid dienone is 2. The summed E-state index contributed by atoms with van der Waals surface area (Å²) in [5.74, 6) is -0.145. The van der Waals surface area contributed by atoms with Gasteiger partial charge in [0.05, 0.1) is 39.9 Å². The largest absolute Gasteiger partial charge is 0.472 e. The van der Waals surface area contributed by atoms with Crippen LogP contribution in [-0.2, 0) is 18.4 Å². The molecule has 0 aliphatic rings. The fourth-order valence-electron chi connectivity index (χ4n) is 8.04. The SMILES string of the molecule is CCCCCCCCCCCC/C=C\CCCCCCCCCC(=O)NC(COP(=O)(O)OCC[N+](C)(C)C)C(O)CCCCCCCCCCCCCCCCCCCC. The first kappa shape index (κ1) is 60.2. The van der Waals surface area contributed by atoms with E-state index in [4.69, 9.17) is 9.05 Å². The van der Waals surface area contributed by atoms with Gasteiger partial charge in [-0.15, -0.1) is 0 Å². The molecule has 0 radical (unpaired) electrons. The van der Waals surface area contributed by atoms with Crippen LogP contribution >= 0.6 is 7.82 Å². The molecule has 0 aromatic rings. The molecule has 1 amide bonds. The predicted octanol–water partition coefficient (Wildman–Crippen LogP) is 15.5. The van der Waals surface area contributed by atoms with Crippen LogP contribution in [0.25, 0.3) is 0 Å². The minimum Gasteiger partial charge on any atom is -0.391 e. The summed E-state index contributed by atoms with van der Waals surface area (Å²) >= 11 is 0. The summed E-state index contributed by atoms with van der Waals surface area (Å²) in [5.41, 5.74) is 0. The lowest BCUT2D eigenvalue weighted by Gasteiger charge is -2.26. The van der Waals surface area contributed by atoms with Crippen molar-refractivity contribution in [2.24, 2.45) is 0 Å². The summed E-state index contributed by atoms with van der Waals surface area (Å²) in [5, 5.41) is 14.0. The van der Waals surface area contributed by atoms with Gasteiger partial charge in [0.2, 0.25) is 5.91 Å². The van der Waals surface area contributed by atoms with Gasteiger partial charge in [-0.3, -0.25) is 13.8 Å². The molecule has 0 heterocycles. The number of hydrogen-bond acceptors (Lipinski definition) is 5. The molecule has 0 aromatic heterocycles. The van der Waals surface area contributed by atoms with E-state index < -0.39 is 20.0 Å². The van der Waals surface area contributed by atoms with Gasteiger partial charge >= 0.3 is 7.82 Å². The van der Waals surface area contributed by atoms with Crippen LogP contribution in [-0.4, -0.2) is 73.4 Å². The maximum Gasteiger partial charge on any atom is 0.472 e. The molecule has 0 aliphatic heterocycles. The molecular formula is C52H106N2O6P+. The molecular weight excluding hydrogens is 780 g/mol. The molecule has 8 nitrogen and oxygen atoms in total. The van der Waals surface area contributed by atoms with E-state index in [9.17, 15) is 19.4 Å². The molecule has 9 heteroatoms. The van der Waals surface area contributed by atoms with Crippen LogP contribution in [0.4, 0.5) is 0 Å². The Morgan fingerprint density at radius 2 is 0.885 bits per heavy atom. The third kappa shape index (κ3) is 47.0. The Morgan fingerprint density at radius 3 is 1.26 bits per heavy atom. The number of nitrogens with one attached hydrogen (secondary N) is 1. The third-order valence-electron chi connectivity index (χ3n) is 12.3. The van der Waals surface area contributed by atoms with Gasteiger partial charge in [-0.05, 0) is 38.5 Å². The van der Waals surface area contributed by atoms with Crippen molar-refractivity contribution >= 4 is 13.7 Å². The average molecular weight is 886 g/mol. The second kappa shape index (κ2) is 44.4. The average Bonchev–Trinajstić information content (AvgIpc) is 3.21. The van der Waals surface area contributed by atoms with Gasteiger partial charge in [0.1, 0.15) is 13.2 Å². The summed E-state index contributed by atoms with van der Waals surface area (Å²) in [6.45, 7) is 4.92. The van der Waals surface area contributed by atoms with E-state index in [1.54, 1.807) is 0 Å². The number of carbonyl (C=O) groups excluding carboxylic acids is 1. The molecule has 3 unspecified atom stereocenters. The summed E-state index contributed by atoms with van der Waals surface area (Å²) < 4.78 is 23.7. The highest BCUT2D eigenvalue weighted by atomic mass is 31.2. The molecule has 0 saturated heterocycles. The zero-order chi connectivity index (χ0) is 45.0. The lowest BCUT2D eigenvalue weighted by atomic mass is 10.0. The summed E-state index contributed by atoms with van der Waals surface area (Å²) in [6, 6.07) is -0.760. The monoisotopic (exact) mass is 886 g/mol. The van der Waals surface area contributed by atoms with E-state index in [2.05, 4.69) is 31.3 Å². The molecule has 0 fully saturated rings. The molecule has 3 atom stereocenters. The first-order valence-electron chi connectivity index (χ1n) is 26.6. The first-order chi connectivity index (χ1) is 29.5. The number of aliphatic hydroxyl groups excluding tert-OH is 1. The number of amides is 1. The number of carbonyl (C=O) groups is 1. The van der Waals surface area contributed by atoms with E-state index in [0.29, 0.717) is 23.9 Å². The Bertz CT molecular complexity index is 1000. The van der Waals surface area contributed by atoms with Crippen LogP contribution in [0.5, 0.6) is 0 Å². The Labute approximate surface area is 380 Å². The van der Waals surface area contributed by atoms with Crippen molar-refractivity contribution in [1.82, 2.24) is 5.32 Å². The maximum atomic E-state index is 13.0. The maximum absolute atomic E-state index is 13.0. The fraction of sp³-hybridized carbons (Fsp3) is 0.942. The number of unbranched alkanes of at least 4 members (excludes halogenated alkanes) is 34. The van der Waals surface area contributed by atoms with Crippen LogP contribution < -0.4 is 5.32 Å². The number of aliphatic hydroxyl groups is 1. The number of nitrogens with zero attached hydrogens (tertiary/aromatic N) is 1. The van der Waals surface area contributed by atoms with E-state index in [1.165, 1.54) is 199 Å². The second-order valence-corrected chi connectivity index (χ2v) is 21.1. The molecule has 0 aliphatic carbocycles. The molecule has 0 rings (SSSR count). The molecule has 61 heavy (non-hydrogen) atoms. The second-order valence-electron chi connectivity index (χ2n) is 19.6. The molecule has 0 aromatic carbocycles. The molecule has 0 saturated carbocycles. The van der Waals surface area contributed by atoms with Gasteiger partial charge in [-0.1, -0.05) is 231 Å². The lowest BCUT2D eigenvalue weighted by molar-refractivity contribution is -0.870. The number of likely N-dealkylation sites (N-methyl/N-ethyl adjacent to an activating group) is 1. The standard InChI is InChI=1S/C52H105N2O6P/c1-6-8-10-12-14-16-18-20-22-24-26-27-28-30-32-34-36-38-40-42-44-46-52(56)53-50(49-60-61(57,58)59-48-47-54(3,4)5)51(55)45-43-41-39-37-35-33-31-29-25-23-21-19-17-15-13-11-9-7-2/h27-28,50-51,55H,6-26,29-49H2,1-5H3,(H-,53,56,57,58)/p+1/b28-27-. The lowest BCUT2D eigenvalue weighted by Crippen LogP contribution is -2.46. The Morgan fingerprint density at radius 1 is 0.541 bits per heavy atom. The Balaban J connectivity index is 4.23. The van der Waals surface area contributed by atoms with Crippen molar-refractivity contribution in [3.05, 3.63) is 12.2 Å². The van der Waals surface area contributed by atoms with Crippen molar-refractivity contribution in [2.45, 2.75) is 276 Å².